The molecule has 1 aliphatic heterocycles. The molecule has 28 heavy (non-hydrogen) atoms. The van der Waals surface area contributed by atoms with E-state index in [9.17, 15) is 9.59 Å². The van der Waals surface area contributed by atoms with Gasteiger partial charge in [-0.15, -0.1) is 5.10 Å². The van der Waals surface area contributed by atoms with E-state index in [-0.39, 0.29) is 11.8 Å². The molecular formula is C20H21N5O3. The second kappa shape index (κ2) is 7.30. The van der Waals surface area contributed by atoms with Crippen molar-refractivity contribution in [2.75, 3.05) is 26.2 Å². The second-order valence-corrected chi connectivity index (χ2v) is 6.84. The summed E-state index contributed by atoms with van der Waals surface area (Å²) in [4.78, 5) is 28.7. The first-order chi connectivity index (χ1) is 13.5. The Balaban J connectivity index is 1.45. The van der Waals surface area contributed by atoms with Gasteiger partial charge in [-0.1, -0.05) is 17.3 Å². The maximum absolute atomic E-state index is 12.9. The minimum absolute atomic E-state index is 0.154. The van der Waals surface area contributed by atoms with Crippen LogP contribution < -0.4 is 0 Å². The van der Waals surface area contributed by atoms with Gasteiger partial charge in [-0.25, -0.2) is 4.68 Å². The molecule has 0 N–H and O–H groups in total. The Morgan fingerprint density at radius 3 is 2.32 bits per heavy atom. The lowest BCUT2D eigenvalue weighted by molar-refractivity contribution is 0.0514. The summed E-state index contributed by atoms with van der Waals surface area (Å²) >= 11 is 0. The van der Waals surface area contributed by atoms with Crippen LogP contribution in [-0.2, 0) is 0 Å². The Bertz CT molecular complexity index is 1000. The molecule has 0 saturated carbocycles. The van der Waals surface area contributed by atoms with E-state index in [1.54, 1.807) is 26.6 Å². The van der Waals surface area contributed by atoms with E-state index < -0.39 is 0 Å². The van der Waals surface area contributed by atoms with Gasteiger partial charge >= 0.3 is 0 Å². The predicted octanol–water partition coefficient (Wildman–Crippen LogP) is 2.08. The number of hydrogen-bond donors (Lipinski definition) is 0. The fraction of sp³-hybridized carbons (Fsp3) is 0.300. The average Bonchev–Trinajstić information content (AvgIpc) is 3.37. The summed E-state index contributed by atoms with van der Waals surface area (Å²) in [6, 6.07) is 11.2. The number of hydrogen-bond acceptors (Lipinski definition) is 5. The molecule has 4 rings (SSSR count). The fourth-order valence-corrected chi connectivity index (χ4v) is 3.35. The summed E-state index contributed by atoms with van der Waals surface area (Å²) in [7, 11) is 0. The lowest BCUT2D eigenvalue weighted by Crippen LogP contribution is -2.50. The van der Waals surface area contributed by atoms with E-state index in [0.29, 0.717) is 43.3 Å². The largest absolute Gasteiger partial charge is 0.459 e. The number of aromatic nitrogens is 3. The zero-order valence-electron chi connectivity index (χ0n) is 15.8. The molecule has 0 bridgehead atoms. The smallest absolute Gasteiger partial charge is 0.289 e. The highest BCUT2D eigenvalue weighted by Crippen LogP contribution is 2.16. The van der Waals surface area contributed by atoms with Crippen LogP contribution in [0.25, 0.3) is 5.69 Å². The molecule has 0 unspecified atom stereocenters. The molecule has 1 fully saturated rings. The number of amides is 2. The summed E-state index contributed by atoms with van der Waals surface area (Å²) in [5.41, 5.74) is 3.02. The molecule has 0 radical (unpaired) electrons. The van der Waals surface area contributed by atoms with Crippen LogP contribution in [0.2, 0.25) is 0 Å². The maximum Gasteiger partial charge on any atom is 0.289 e. The van der Waals surface area contributed by atoms with Crippen molar-refractivity contribution in [1.82, 2.24) is 24.8 Å². The Kier molecular flexibility index (Phi) is 4.68. The van der Waals surface area contributed by atoms with Gasteiger partial charge in [0.25, 0.3) is 11.8 Å². The Labute approximate surface area is 162 Å². The topological polar surface area (TPSA) is 84.5 Å². The van der Waals surface area contributed by atoms with Crippen molar-refractivity contribution in [2.24, 2.45) is 0 Å². The van der Waals surface area contributed by atoms with Gasteiger partial charge in [0.05, 0.1) is 17.6 Å². The Morgan fingerprint density at radius 1 is 0.964 bits per heavy atom. The van der Waals surface area contributed by atoms with E-state index in [4.69, 9.17) is 4.42 Å². The average molecular weight is 379 g/mol. The van der Waals surface area contributed by atoms with Crippen molar-refractivity contribution in [3.63, 3.8) is 0 Å². The summed E-state index contributed by atoms with van der Waals surface area (Å²) in [5.74, 6) is -0.00288. The van der Waals surface area contributed by atoms with Crippen molar-refractivity contribution in [1.29, 1.82) is 0 Å². The molecule has 0 atom stereocenters. The number of rotatable bonds is 3. The normalized spacial score (nSPS) is 14.4. The third-order valence-corrected chi connectivity index (χ3v) is 4.93. The van der Waals surface area contributed by atoms with Crippen LogP contribution in [0.4, 0.5) is 0 Å². The highest BCUT2D eigenvalue weighted by Gasteiger charge is 2.29. The number of aryl methyl sites for hydroxylation is 1. The summed E-state index contributed by atoms with van der Waals surface area (Å²) in [6.45, 7) is 5.65. The molecule has 144 valence electrons. The summed E-state index contributed by atoms with van der Waals surface area (Å²) in [5, 5.41) is 8.28. The molecule has 0 spiro atoms. The SMILES string of the molecule is Cc1cccc(-n2nnc(C(=O)N3CCN(C(=O)c4ccco4)CC3)c2C)c1. The van der Waals surface area contributed by atoms with Crippen LogP contribution in [0.3, 0.4) is 0 Å². The van der Waals surface area contributed by atoms with E-state index >= 15 is 0 Å². The fourth-order valence-electron chi connectivity index (χ4n) is 3.35. The molecule has 1 saturated heterocycles. The van der Waals surface area contributed by atoms with Gasteiger partial charge in [-0.3, -0.25) is 9.59 Å². The zero-order chi connectivity index (χ0) is 19.7. The number of nitrogens with zero attached hydrogens (tertiary/aromatic N) is 5. The molecule has 2 aromatic heterocycles. The van der Waals surface area contributed by atoms with Crippen molar-refractivity contribution in [3.8, 4) is 5.69 Å². The van der Waals surface area contributed by atoms with Gasteiger partial charge in [0, 0.05) is 26.2 Å². The van der Waals surface area contributed by atoms with Crippen molar-refractivity contribution in [2.45, 2.75) is 13.8 Å². The number of benzene rings is 1. The van der Waals surface area contributed by atoms with Gasteiger partial charge in [-0.05, 0) is 43.7 Å². The minimum atomic E-state index is -0.165. The van der Waals surface area contributed by atoms with Gasteiger partial charge in [0.2, 0.25) is 0 Å². The first-order valence-electron chi connectivity index (χ1n) is 9.16. The molecule has 8 nitrogen and oxygen atoms in total. The van der Waals surface area contributed by atoms with Crippen molar-refractivity contribution < 1.29 is 14.0 Å². The van der Waals surface area contributed by atoms with Gasteiger partial charge in [-0.2, -0.15) is 0 Å². The minimum Gasteiger partial charge on any atom is -0.459 e. The van der Waals surface area contributed by atoms with Gasteiger partial charge in [0.15, 0.2) is 11.5 Å². The predicted molar refractivity (Wildman–Crippen MR) is 101 cm³/mol. The molecule has 8 heteroatoms. The standard InChI is InChI=1S/C20H21N5O3/c1-14-5-3-6-16(13-14)25-15(2)18(21-22-25)20(27)24-10-8-23(9-11-24)19(26)17-7-4-12-28-17/h3-7,12-13H,8-11H2,1-2H3. The summed E-state index contributed by atoms with van der Waals surface area (Å²) < 4.78 is 6.85. The number of furan rings is 1. The lowest BCUT2D eigenvalue weighted by Gasteiger charge is -2.34. The third-order valence-electron chi connectivity index (χ3n) is 4.93. The molecule has 2 amide bonds. The molecule has 3 aromatic rings. The molecular weight excluding hydrogens is 358 g/mol. The summed E-state index contributed by atoms with van der Waals surface area (Å²) in [6.07, 6.45) is 1.48. The molecule has 1 aliphatic rings. The quantitative estimate of drug-likeness (QED) is 0.696. The first kappa shape index (κ1) is 18.0. The van der Waals surface area contributed by atoms with Crippen LogP contribution in [0.5, 0.6) is 0 Å². The van der Waals surface area contributed by atoms with Crippen LogP contribution >= 0.6 is 0 Å². The highest BCUT2D eigenvalue weighted by atomic mass is 16.3. The maximum atomic E-state index is 12.9. The second-order valence-electron chi connectivity index (χ2n) is 6.84. The van der Waals surface area contributed by atoms with Crippen LogP contribution in [0.15, 0.2) is 47.1 Å². The van der Waals surface area contributed by atoms with Gasteiger partial charge < -0.3 is 14.2 Å². The number of carbonyl (C=O) groups is 2. The first-order valence-corrected chi connectivity index (χ1v) is 9.16. The van der Waals surface area contributed by atoms with E-state index in [0.717, 1.165) is 11.3 Å². The van der Waals surface area contributed by atoms with Crippen molar-refractivity contribution >= 4 is 11.8 Å². The Hall–Kier alpha value is -3.42. The van der Waals surface area contributed by atoms with Gasteiger partial charge in [0.1, 0.15) is 0 Å². The van der Waals surface area contributed by atoms with Crippen LogP contribution in [0.1, 0.15) is 32.3 Å². The number of piperazine rings is 1. The van der Waals surface area contributed by atoms with Crippen molar-refractivity contribution in [3.05, 3.63) is 65.4 Å². The number of carbonyl (C=O) groups excluding carboxylic acids is 2. The highest BCUT2D eigenvalue weighted by molar-refractivity contribution is 5.94. The lowest BCUT2D eigenvalue weighted by atomic mass is 10.2. The molecule has 0 aliphatic carbocycles. The zero-order valence-corrected chi connectivity index (χ0v) is 15.8. The monoisotopic (exact) mass is 379 g/mol. The van der Waals surface area contributed by atoms with E-state index in [1.165, 1.54) is 6.26 Å². The van der Waals surface area contributed by atoms with Crippen LogP contribution in [0, 0.1) is 13.8 Å². The van der Waals surface area contributed by atoms with Crippen LogP contribution in [-0.4, -0.2) is 62.8 Å². The Morgan fingerprint density at radius 2 is 1.68 bits per heavy atom. The molecule has 3 heterocycles. The van der Waals surface area contributed by atoms with E-state index in [1.807, 2.05) is 38.1 Å². The van der Waals surface area contributed by atoms with E-state index in [2.05, 4.69) is 10.3 Å². The molecule has 1 aromatic carbocycles. The third kappa shape index (κ3) is 3.28.